The lowest BCUT2D eigenvalue weighted by Gasteiger charge is -1.98. The molecule has 0 aromatic rings. The molecule has 0 unspecified atom stereocenters. The van der Waals surface area contributed by atoms with Crippen LogP contribution in [0.2, 0.25) is 0 Å². The summed E-state index contributed by atoms with van der Waals surface area (Å²) in [6.45, 7) is 2.04. The second-order valence-corrected chi connectivity index (χ2v) is 2.92. The first-order valence-electron chi connectivity index (χ1n) is 2.90. The van der Waals surface area contributed by atoms with Crippen molar-refractivity contribution in [3.63, 3.8) is 0 Å². The minimum Gasteiger partial charge on any atom is -0.247 e. The Kier molecular flexibility index (Phi) is 4.54. The molecular weight excluding hydrogens is 158 g/mol. The maximum Gasteiger partial charge on any atom is 0.415 e. The van der Waals surface area contributed by atoms with Crippen molar-refractivity contribution in [2.75, 3.05) is 6.61 Å². The van der Waals surface area contributed by atoms with Crippen molar-refractivity contribution in [1.82, 2.24) is 0 Å². The average Bonchev–Trinajstić information content (AvgIpc) is 1.89. The number of nitrogens with two attached hydrogens (primary N) is 1. The van der Waals surface area contributed by atoms with Crippen LogP contribution in [0.25, 0.3) is 0 Å². The molecule has 0 aromatic carbocycles. The second kappa shape index (κ2) is 4.62. The molecular formula is C4H11NO4S. The maximum absolute atomic E-state index is 10.3. The maximum atomic E-state index is 10.3. The van der Waals surface area contributed by atoms with Crippen LogP contribution in [-0.2, 0) is 18.9 Å². The number of rotatable bonds is 5. The normalized spacial score (nSPS) is 11.8. The minimum atomic E-state index is -3.91. The molecule has 0 rings (SSSR count). The van der Waals surface area contributed by atoms with Gasteiger partial charge in [0.25, 0.3) is 0 Å². The van der Waals surface area contributed by atoms with Gasteiger partial charge in [-0.25, -0.2) is 4.18 Å². The molecule has 6 heteroatoms. The third-order valence-corrected chi connectivity index (χ3v) is 1.53. The van der Waals surface area contributed by atoms with E-state index in [2.05, 4.69) is 14.4 Å². The zero-order chi connectivity index (χ0) is 8.04. The molecule has 0 atom stereocenters. The van der Waals surface area contributed by atoms with Crippen LogP contribution in [0.15, 0.2) is 0 Å². The van der Waals surface area contributed by atoms with E-state index in [4.69, 9.17) is 0 Å². The van der Waals surface area contributed by atoms with Crippen molar-refractivity contribution in [3.8, 4) is 0 Å². The molecule has 0 aromatic heterocycles. The van der Waals surface area contributed by atoms with Gasteiger partial charge in [0.15, 0.2) is 0 Å². The Morgan fingerprint density at radius 3 is 2.50 bits per heavy atom. The van der Waals surface area contributed by atoms with Crippen LogP contribution in [0.3, 0.4) is 0 Å². The van der Waals surface area contributed by atoms with E-state index in [-0.39, 0.29) is 6.61 Å². The fourth-order valence-corrected chi connectivity index (χ4v) is 0.711. The molecule has 0 saturated carbocycles. The van der Waals surface area contributed by atoms with Crippen LogP contribution in [0, 0.1) is 0 Å². The summed E-state index contributed by atoms with van der Waals surface area (Å²) in [5.41, 5.74) is 0. The van der Waals surface area contributed by atoms with Gasteiger partial charge in [-0.3, -0.25) is 0 Å². The van der Waals surface area contributed by atoms with Gasteiger partial charge >= 0.3 is 10.4 Å². The van der Waals surface area contributed by atoms with Crippen molar-refractivity contribution in [3.05, 3.63) is 0 Å². The zero-order valence-electron chi connectivity index (χ0n) is 5.74. The molecule has 0 aliphatic rings. The lowest BCUT2D eigenvalue weighted by Crippen LogP contribution is -2.14. The van der Waals surface area contributed by atoms with Crippen LogP contribution >= 0.6 is 0 Å². The van der Waals surface area contributed by atoms with Crippen molar-refractivity contribution in [2.45, 2.75) is 19.8 Å². The van der Waals surface area contributed by atoms with Crippen LogP contribution < -0.4 is 5.90 Å². The van der Waals surface area contributed by atoms with Crippen molar-refractivity contribution >= 4 is 10.4 Å². The average molecular weight is 169 g/mol. The standard InChI is InChI=1S/C4H11NO4S/c1-2-3-4-8-10(6,7)9-5/h2-5H2,1H3. The van der Waals surface area contributed by atoms with Crippen LogP contribution in [0.4, 0.5) is 0 Å². The number of hydrogen-bond donors (Lipinski definition) is 1. The molecule has 62 valence electrons. The van der Waals surface area contributed by atoms with Crippen LogP contribution in [-0.4, -0.2) is 15.0 Å². The van der Waals surface area contributed by atoms with E-state index in [0.29, 0.717) is 6.42 Å². The Morgan fingerprint density at radius 1 is 1.50 bits per heavy atom. The van der Waals surface area contributed by atoms with Gasteiger partial charge in [-0.1, -0.05) is 13.3 Å². The fraction of sp³-hybridized carbons (Fsp3) is 1.00. The van der Waals surface area contributed by atoms with Gasteiger partial charge in [0.05, 0.1) is 6.61 Å². The molecule has 0 radical (unpaired) electrons. The summed E-state index contributed by atoms with van der Waals surface area (Å²) in [5.74, 6) is 4.38. The Labute approximate surface area is 60.4 Å². The lowest BCUT2D eigenvalue weighted by atomic mass is 10.4. The largest absolute Gasteiger partial charge is 0.415 e. The predicted octanol–water partition coefficient (Wildman–Crippen LogP) is -0.0618. The molecule has 0 saturated heterocycles. The van der Waals surface area contributed by atoms with Crippen LogP contribution in [0.5, 0.6) is 0 Å². The summed E-state index contributed by atoms with van der Waals surface area (Å²) in [6.07, 6.45) is 1.53. The van der Waals surface area contributed by atoms with E-state index in [1.165, 1.54) is 0 Å². The van der Waals surface area contributed by atoms with Gasteiger partial charge in [0.1, 0.15) is 0 Å². The number of unbranched alkanes of at least 4 members (excludes halogenated alkanes) is 1. The van der Waals surface area contributed by atoms with Gasteiger partial charge in [-0.15, -0.1) is 0 Å². The monoisotopic (exact) mass is 169 g/mol. The molecule has 0 amide bonds. The minimum absolute atomic E-state index is 0.121. The summed E-state index contributed by atoms with van der Waals surface area (Å²) in [6, 6.07) is 0. The van der Waals surface area contributed by atoms with Gasteiger partial charge in [-0.05, 0) is 6.42 Å². The first-order chi connectivity index (χ1) is 4.62. The topological polar surface area (TPSA) is 78.6 Å². The first kappa shape index (κ1) is 9.83. The van der Waals surface area contributed by atoms with E-state index in [9.17, 15) is 8.42 Å². The Morgan fingerprint density at radius 2 is 2.10 bits per heavy atom. The van der Waals surface area contributed by atoms with Gasteiger partial charge in [-0.2, -0.15) is 18.6 Å². The smallest absolute Gasteiger partial charge is 0.247 e. The fourth-order valence-electron chi connectivity index (χ4n) is 0.333. The number of hydrogen-bond acceptors (Lipinski definition) is 5. The van der Waals surface area contributed by atoms with E-state index in [1.54, 1.807) is 0 Å². The van der Waals surface area contributed by atoms with Gasteiger partial charge in [0, 0.05) is 0 Å². The third-order valence-electron chi connectivity index (χ3n) is 0.843. The van der Waals surface area contributed by atoms with Gasteiger partial charge in [0.2, 0.25) is 0 Å². The molecule has 0 fully saturated rings. The van der Waals surface area contributed by atoms with Crippen molar-refractivity contribution < 1.29 is 16.9 Å². The lowest BCUT2D eigenvalue weighted by molar-refractivity contribution is 0.216. The van der Waals surface area contributed by atoms with E-state index in [1.807, 2.05) is 6.92 Å². The van der Waals surface area contributed by atoms with Crippen molar-refractivity contribution in [1.29, 1.82) is 0 Å². The molecule has 0 aliphatic heterocycles. The third kappa shape index (κ3) is 4.68. The summed E-state index contributed by atoms with van der Waals surface area (Å²) < 4.78 is 28.4. The highest BCUT2D eigenvalue weighted by Crippen LogP contribution is 1.94. The quantitative estimate of drug-likeness (QED) is 0.460. The SMILES string of the molecule is CCCCOS(=O)(=O)ON. The summed E-state index contributed by atoms with van der Waals surface area (Å²) >= 11 is 0. The van der Waals surface area contributed by atoms with E-state index in [0.717, 1.165) is 6.42 Å². The highest BCUT2D eigenvalue weighted by atomic mass is 32.3. The molecule has 0 heterocycles. The summed E-state index contributed by atoms with van der Waals surface area (Å²) in [7, 11) is -3.91. The summed E-state index contributed by atoms with van der Waals surface area (Å²) in [5, 5.41) is 0. The first-order valence-corrected chi connectivity index (χ1v) is 4.23. The highest BCUT2D eigenvalue weighted by molar-refractivity contribution is 7.81. The Hall–Kier alpha value is -0.170. The molecule has 0 aliphatic carbocycles. The molecule has 10 heavy (non-hydrogen) atoms. The molecule has 5 nitrogen and oxygen atoms in total. The zero-order valence-corrected chi connectivity index (χ0v) is 6.56. The highest BCUT2D eigenvalue weighted by Gasteiger charge is 2.07. The molecule has 2 N–H and O–H groups in total. The van der Waals surface area contributed by atoms with Gasteiger partial charge < -0.3 is 0 Å². The van der Waals surface area contributed by atoms with Crippen LogP contribution in [0.1, 0.15) is 19.8 Å². The second-order valence-electron chi connectivity index (χ2n) is 1.68. The Bertz CT molecular complexity index is 164. The molecule has 0 bridgehead atoms. The Balaban J connectivity index is 3.49. The van der Waals surface area contributed by atoms with E-state index >= 15 is 0 Å². The van der Waals surface area contributed by atoms with E-state index < -0.39 is 10.4 Å². The van der Waals surface area contributed by atoms with Crippen molar-refractivity contribution in [2.24, 2.45) is 5.90 Å². The predicted molar refractivity (Wildman–Crippen MR) is 35.1 cm³/mol. The summed E-state index contributed by atoms with van der Waals surface area (Å²) in [4.78, 5) is 0. The molecule has 0 spiro atoms.